The minimum atomic E-state index is -0.607. The summed E-state index contributed by atoms with van der Waals surface area (Å²) in [6, 6.07) is 0.168. The van der Waals surface area contributed by atoms with Crippen LogP contribution in [0.25, 0.3) is 0 Å². The van der Waals surface area contributed by atoms with Gasteiger partial charge in [-0.1, -0.05) is 19.1 Å². The second kappa shape index (κ2) is 4.07. The summed E-state index contributed by atoms with van der Waals surface area (Å²) in [4.78, 5) is 26.4. The molecule has 1 spiro atoms. The van der Waals surface area contributed by atoms with Gasteiger partial charge in [-0.05, 0) is 13.3 Å². The van der Waals surface area contributed by atoms with Gasteiger partial charge >= 0.3 is 5.97 Å². The highest BCUT2D eigenvalue weighted by molar-refractivity contribution is 5.91. The second-order valence-corrected chi connectivity index (χ2v) is 5.65. The number of likely N-dealkylation sites (tertiary alicyclic amines) is 1. The summed E-state index contributed by atoms with van der Waals surface area (Å²) in [7, 11) is 1.36. The van der Waals surface area contributed by atoms with E-state index in [-0.39, 0.29) is 24.0 Å². The highest BCUT2D eigenvalue weighted by atomic mass is 16.5. The summed E-state index contributed by atoms with van der Waals surface area (Å²) in [5.41, 5.74) is -0.607. The van der Waals surface area contributed by atoms with Crippen LogP contribution in [0, 0.1) is 11.8 Å². The highest BCUT2D eigenvalue weighted by Gasteiger charge is 2.67. The van der Waals surface area contributed by atoms with Crippen molar-refractivity contribution in [1.82, 2.24) is 4.90 Å². The third-order valence-corrected chi connectivity index (χ3v) is 4.73. The van der Waals surface area contributed by atoms with Crippen LogP contribution in [0.5, 0.6) is 0 Å². The Morgan fingerprint density at radius 1 is 1.68 bits per heavy atom. The first-order chi connectivity index (χ1) is 9.04. The van der Waals surface area contributed by atoms with E-state index in [0.717, 1.165) is 6.42 Å². The first-order valence-corrected chi connectivity index (χ1v) is 6.79. The SMILES string of the molecule is CC[C@@H](C)N1C[C@]23C=C[C@@H](O2)[C@@H](C(=O)OC)[C@@H]3C1=O. The van der Waals surface area contributed by atoms with E-state index in [1.807, 2.05) is 24.0 Å². The Morgan fingerprint density at radius 2 is 2.42 bits per heavy atom. The third kappa shape index (κ3) is 1.51. The van der Waals surface area contributed by atoms with Crippen molar-refractivity contribution in [2.45, 2.75) is 38.0 Å². The van der Waals surface area contributed by atoms with Crippen LogP contribution < -0.4 is 0 Å². The molecule has 2 saturated heterocycles. The Balaban J connectivity index is 1.95. The Kier molecular flexibility index (Phi) is 2.71. The van der Waals surface area contributed by atoms with Gasteiger partial charge in [-0.25, -0.2) is 0 Å². The van der Waals surface area contributed by atoms with Crippen LogP contribution in [-0.2, 0) is 19.1 Å². The fourth-order valence-corrected chi connectivity index (χ4v) is 3.53. The Bertz CT molecular complexity index is 460. The molecule has 3 heterocycles. The summed E-state index contributed by atoms with van der Waals surface area (Å²) in [5.74, 6) is -1.22. The molecule has 0 aliphatic carbocycles. The number of nitrogens with zero attached hydrogens (tertiary/aromatic N) is 1. The largest absolute Gasteiger partial charge is 0.469 e. The van der Waals surface area contributed by atoms with Gasteiger partial charge in [0, 0.05) is 6.04 Å². The molecule has 5 heteroatoms. The third-order valence-electron chi connectivity index (χ3n) is 4.73. The quantitative estimate of drug-likeness (QED) is 0.558. The summed E-state index contributed by atoms with van der Waals surface area (Å²) >= 11 is 0. The predicted molar refractivity (Wildman–Crippen MR) is 67.2 cm³/mol. The molecule has 5 nitrogen and oxygen atoms in total. The van der Waals surface area contributed by atoms with Gasteiger partial charge in [0.25, 0.3) is 0 Å². The molecule has 0 aromatic heterocycles. The molecule has 0 aromatic carbocycles. The number of rotatable bonds is 3. The maximum absolute atomic E-state index is 12.6. The number of fused-ring (bicyclic) bond motifs is 1. The van der Waals surface area contributed by atoms with Crippen LogP contribution in [0.15, 0.2) is 12.2 Å². The topological polar surface area (TPSA) is 55.8 Å². The van der Waals surface area contributed by atoms with Crippen molar-refractivity contribution in [3.63, 3.8) is 0 Å². The van der Waals surface area contributed by atoms with Crippen molar-refractivity contribution in [3.05, 3.63) is 12.2 Å². The predicted octanol–water partition coefficient (Wildman–Crippen LogP) is 0.740. The van der Waals surface area contributed by atoms with Gasteiger partial charge in [-0.15, -0.1) is 0 Å². The Hall–Kier alpha value is -1.36. The molecule has 5 atom stereocenters. The average molecular weight is 265 g/mol. The molecule has 0 radical (unpaired) electrons. The van der Waals surface area contributed by atoms with Crippen molar-refractivity contribution in [2.75, 3.05) is 13.7 Å². The van der Waals surface area contributed by atoms with Crippen molar-refractivity contribution in [2.24, 2.45) is 11.8 Å². The van der Waals surface area contributed by atoms with E-state index in [9.17, 15) is 9.59 Å². The highest BCUT2D eigenvalue weighted by Crippen LogP contribution is 2.52. The summed E-state index contributed by atoms with van der Waals surface area (Å²) < 4.78 is 10.8. The van der Waals surface area contributed by atoms with Gasteiger partial charge in [0.1, 0.15) is 11.5 Å². The van der Waals surface area contributed by atoms with E-state index in [4.69, 9.17) is 9.47 Å². The normalized spacial score (nSPS) is 40.7. The monoisotopic (exact) mass is 265 g/mol. The van der Waals surface area contributed by atoms with E-state index in [0.29, 0.717) is 6.54 Å². The molecular weight excluding hydrogens is 246 g/mol. The lowest BCUT2D eigenvalue weighted by molar-refractivity contribution is -0.151. The molecule has 3 rings (SSSR count). The van der Waals surface area contributed by atoms with Gasteiger partial charge in [0.05, 0.1) is 25.7 Å². The standard InChI is InChI=1S/C14H19NO4/c1-4-8(2)15-7-14-6-5-9(19-14)10(13(17)18-3)11(14)12(15)16/h5-6,8-11H,4,7H2,1-3H3/t8-,9-,10-,11-,14+/m1/s1. The van der Waals surface area contributed by atoms with E-state index in [1.54, 1.807) is 0 Å². The minimum absolute atomic E-state index is 0.0246. The zero-order valence-electron chi connectivity index (χ0n) is 11.5. The van der Waals surface area contributed by atoms with Crippen molar-refractivity contribution in [3.8, 4) is 0 Å². The van der Waals surface area contributed by atoms with Crippen LogP contribution in [0.3, 0.4) is 0 Å². The first-order valence-electron chi connectivity index (χ1n) is 6.79. The zero-order chi connectivity index (χ0) is 13.8. The molecular formula is C14H19NO4. The summed E-state index contributed by atoms with van der Waals surface area (Å²) in [6.07, 6.45) is 4.44. The number of carbonyl (C=O) groups is 2. The van der Waals surface area contributed by atoms with Crippen LogP contribution >= 0.6 is 0 Å². The summed E-state index contributed by atoms with van der Waals surface area (Å²) in [6.45, 7) is 4.63. The molecule has 0 unspecified atom stereocenters. The van der Waals surface area contributed by atoms with Crippen LogP contribution in [0.1, 0.15) is 20.3 Å². The van der Waals surface area contributed by atoms with Crippen LogP contribution in [0.4, 0.5) is 0 Å². The molecule has 2 bridgehead atoms. The van der Waals surface area contributed by atoms with E-state index in [1.165, 1.54) is 7.11 Å². The number of hydrogen-bond donors (Lipinski definition) is 0. The van der Waals surface area contributed by atoms with Gasteiger partial charge < -0.3 is 14.4 Å². The molecule has 2 fully saturated rings. The van der Waals surface area contributed by atoms with Crippen LogP contribution in [0.2, 0.25) is 0 Å². The molecule has 3 aliphatic rings. The number of ether oxygens (including phenoxy) is 2. The molecule has 0 saturated carbocycles. The number of amides is 1. The lowest BCUT2D eigenvalue weighted by Crippen LogP contribution is -2.40. The molecule has 104 valence electrons. The Labute approximate surface area is 112 Å². The molecule has 0 N–H and O–H groups in total. The first kappa shape index (κ1) is 12.7. The number of esters is 1. The smallest absolute Gasteiger partial charge is 0.312 e. The number of hydrogen-bond acceptors (Lipinski definition) is 4. The van der Waals surface area contributed by atoms with Gasteiger partial charge in [-0.2, -0.15) is 0 Å². The molecule has 1 amide bonds. The number of carbonyl (C=O) groups excluding carboxylic acids is 2. The van der Waals surface area contributed by atoms with E-state index < -0.39 is 17.4 Å². The second-order valence-electron chi connectivity index (χ2n) is 5.65. The van der Waals surface area contributed by atoms with E-state index in [2.05, 4.69) is 6.92 Å². The van der Waals surface area contributed by atoms with Gasteiger partial charge in [0.2, 0.25) is 5.91 Å². The molecule has 3 aliphatic heterocycles. The summed E-state index contributed by atoms with van der Waals surface area (Å²) in [5, 5.41) is 0. The molecule has 19 heavy (non-hydrogen) atoms. The fourth-order valence-electron chi connectivity index (χ4n) is 3.53. The number of methoxy groups -OCH3 is 1. The fraction of sp³-hybridized carbons (Fsp3) is 0.714. The van der Waals surface area contributed by atoms with E-state index >= 15 is 0 Å². The molecule has 0 aromatic rings. The van der Waals surface area contributed by atoms with Crippen molar-refractivity contribution >= 4 is 11.9 Å². The minimum Gasteiger partial charge on any atom is -0.469 e. The van der Waals surface area contributed by atoms with Crippen molar-refractivity contribution in [1.29, 1.82) is 0 Å². The van der Waals surface area contributed by atoms with Crippen LogP contribution in [-0.4, -0.2) is 48.2 Å². The Morgan fingerprint density at radius 3 is 3.05 bits per heavy atom. The zero-order valence-corrected chi connectivity index (χ0v) is 11.5. The average Bonchev–Trinajstić information content (AvgIpc) is 3.05. The lowest BCUT2D eigenvalue weighted by Gasteiger charge is -2.26. The lowest BCUT2D eigenvalue weighted by atomic mass is 9.77. The van der Waals surface area contributed by atoms with Crippen molar-refractivity contribution < 1.29 is 19.1 Å². The van der Waals surface area contributed by atoms with Gasteiger partial charge in [-0.3, -0.25) is 9.59 Å². The maximum atomic E-state index is 12.6. The van der Waals surface area contributed by atoms with Gasteiger partial charge in [0.15, 0.2) is 0 Å². The maximum Gasteiger partial charge on any atom is 0.312 e.